The van der Waals surface area contributed by atoms with Crippen LogP contribution in [0, 0.1) is 13.8 Å². The lowest BCUT2D eigenvalue weighted by molar-refractivity contribution is -0.918. The van der Waals surface area contributed by atoms with Crippen LogP contribution in [0.5, 0.6) is 5.75 Å². The molecule has 1 aliphatic heterocycles. The zero-order chi connectivity index (χ0) is 21.9. The van der Waals surface area contributed by atoms with Gasteiger partial charge in [0.2, 0.25) is 10.0 Å². The average molecular weight is 433 g/mol. The number of rotatable bonds is 8. The second-order valence-corrected chi connectivity index (χ2v) is 10.1. The van der Waals surface area contributed by atoms with Crippen LogP contribution in [0.1, 0.15) is 35.6 Å². The van der Waals surface area contributed by atoms with Gasteiger partial charge in [-0.1, -0.05) is 12.1 Å². The van der Waals surface area contributed by atoms with Gasteiger partial charge in [0.05, 0.1) is 26.7 Å². The first-order chi connectivity index (χ1) is 14.2. The number of nitrogens with one attached hydrogen (secondary N) is 2. The maximum atomic E-state index is 13.2. The lowest BCUT2D eigenvalue weighted by Crippen LogP contribution is -3.11. The SMILES string of the molecule is COc1cc(C)c(C)cc1S(=O)(=O)NC[C@H](c1ccc(N(C)C)cc1)[NH+]1CCCC1. The fourth-order valence-corrected chi connectivity index (χ4v) is 5.36. The Hall–Kier alpha value is -2.09. The summed E-state index contributed by atoms with van der Waals surface area (Å²) in [6.45, 7) is 6.35. The minimum absolute atomic E-state index is 0.0797. The summed E-state index contributed by atoms with van der Waals surface area (Å²) < 4.78 is 34.6. The molecule has 30 heavy (non-hydrogen) atoms. The zero-order valence-electron chi connectivity index (χ0n) is 18.7. The van der Waals surface area contributed by atoms with Gasteiger partial charge in [0, 0.05) is 38.2 Å². The van der Waals surface area contributed by atoms with E-state index in [1.807, 2.05) is 27.9 Å². The predicted molar refractivity (Wildman–Crippen MR) is 121 cm³/mol. The molecule has 0 radical (unpaired) electrons. The van der Waals surface area contributed by atoms with Gasteiger partial charge < -0.3 is 14.5 Å². The molecular formula is C23H34N3O3S+. The summed E-state index contributed by atoms with van der Waals surface area (Å²) in [6, 6.07) is 12.0. The van der Waals surface area contributed by atoms with E-state index in [1.165, 1.54) is 24.9 Å². The molecule has 0 aromatic heterocycles. The number of hydrogen-bond acceptors (Lipinski definition) is 4. The third-order valence-corrected chi connectivity index (χ3v) is 7.54. The molecule has 2 N–H and O–H groups in total. The molecule has 2 aromatic rings. The molecule has 2 aromatic carbocycles. The van der Waals surface area contributed by atoms with E-state index in [0.29, 0.717) is 12.3 Å². The number of sulfonamides is 1. The van der Waals surface area contributed by atoms with Crippen molar-refractivity contribution in [2.75, 3.05) is 45.7 Å². The van der Waals surface area contributed by atoms with Gasteiger partial charge >= 0.3 is 0 Å². The molecule has 0 spiro atoms. The van der Waals surface area contributed by atoms with Crippen molar-refractivity contribution in [2.45, 2.75) is 37.6 Å². The van der Waals surface area contributed by atoms with Crippen molar-refractivity contribution in [3.05, 3.63) is 53.1 Å². The molecule has 7 heteroatoms. The second-order valence-electron chi connectivity index (χ2n) is 8.34. The van der Waals surface area contributed by atoms with Gasteiger partial charge in [0.15, 0.2) is 0 Å². The summed E-state index contributed by atoms with van der Waals surface area (Å²) in [6.07, 6.45) is 2.36. The van der Waals surface area contributed by atoms with E-state index in [4.69, 9.17) is 4.74 Å². The van der Waals surface area contributed by atoms with Gasteiger partial charge in [-0.2, -0.15) is 0 Å². The van der Waals surface area contributed by atoms with Crippen LogP contribution in [0.15, 0.2) is 41.3 Å². The van der Waals surface area contributed by atoms with Crippen molar-refractivity contribution >= 4 is 15.7 Å². The Bertz CT molecular complexity index is 966. The molecular weight excluding hydrogens is 398 g/mol. The van der Waals surface area contributed by atoms with Crippen molar-refractivity contribution in [1.82, 2.24) is 4.72 Å². The van der Waals surface area contributed by atoms with E-state index in [2.05, 4.69) is 33.9 Å². The lowest BCUT2D eigenvalue weighted by Gasteiger charge is -2.26. The highest BCUT2D eigenvalue weighted by atomic mass is 32.2. The fraction of sp³-hybridized carbons (Fsp3) is 0.478. The molecule has 164 valence electrons. The van der Waals surface area contributed by atoms with E-state index in [0.717, 1.165) is 35.5 Å². The predicted octanol–water partition coefficient (Wildman–Crippen LogP) is 2.08. The molecule has 0 aliphatic carbocycles. The topological polar surface area (TPSA) is 63.1 Å². The third-order valence-electron chi connectivity index (χ3n) is 6.10. The molecule has 1 atom stereocenters. The van der Waals surface area contributed by atoms with Gasteiger partial charge in [-0.25, -0.2) is 13.1 Å². The molecule has 0 saturated carbocycles. The van der Waals surface area contributed by atoms with Crippen molar-refractivity contribution in [3.8, 4) is 5.75 Å². The molecule has 3 rings (SSSR count). The molecule has 0 amide bonds. The first kappa shape index (κ1) is 22.6. The third kappa shape index (κ3) is 4.96. The Labute approximate surface area is 180 Å². The smallest absolute Gasteiger partial charge is 0.244 e. The summed E-state index contributed by atoms with van der Waals surface area (Å²) in [4.78, 5) is 3.70. The van der Waals surface area contributed by atoms with Gasteiger partial charge in [-0.3, -0.25) is 0 Å². The minimum Gasteiger partial charge on any atom is -0.495 e. The number of aryl methyl sites for hydroxylation is 2. The molecule has 0 bridgehead atoms. The van der Waals surface area contributed by atoms with Crippen molar-refractivity contribution < 1.29 is 18.1 Å². The van der Waals surface area contributed by atoms with E-state index >= 15 is 0 Å². The number of ether oxygens (including phenoxy) is 1. The average Bonchev–Trinajstić information content (AvgIpc) is 3.24. The number of benzene rings is 2. The number of hydrogen-bond donors (Lipinski definition) is 2. The standard InChI is InChI=1S/C23H33N3O3S/c1-17-14-22(29-5)23(15-18(17)2)30(27,28)24-16-21(26-12-6-7-13-26)19-8-10-20(11-9-19)25(3)4/h8-11,14-15,21,24H,6-7,12-13,16H2,1-5H3/p+1/t21-/m1/s1. The molecule has 1 saturated heterocycles. The first-order valence-corrected chi connectivity index (χ1v) is 12.0. The van der Waals surface area contributed by atoms with Crippen LogP contribution in [-0.2, 0) is 10.0 Å². The van der Waals surface area contributed by atoms with E-state index in [1.54, 1.807) is 12.1 Å². The molecule has 1 fully saturated rings. The fourth-order valence-electron chi connectivity index (χ4n) is 4.08. The summed E-state index contributed by atoms with van der Waals surface area (Å²) in [7, 11) is 1.85. The number of anilines is 1. The largest absolute Gasteiger partial charge is 0.495 e. The highest BCUT2D eigenvalue weighted by Crippen LogP contribution is 2.27. The van der Waals surface area contributed by atoms with Crippen molar-refractivity contribution in [2.24, 2.45) is 0 Å². The van der Waals surface area contributed by atoms with Gasteiger partial charge in [-0.15, -0.1) is 0 Å². The summed E-state index contributed by atoms with van der Waals surface area (Å²) in [5.41, 5.74) is 4.23. The van der Waals surface area contributed by atoms with Gasteiger partial charge in [0.25, 0.3) is 0 Å². The summed E-state index contributed by atoms with van der Waals surface area (Å²) in [5, 5.41) is 0. The quantitative estimate of drug-likeness (QED) is 0.671. The monoisotopic (exact) mass is 432 g/mol. The minimum atomic E-state index is -3.69. The van der Waals surface area contributed by atoms with Crippen LogP contribution in [0.25, 0.3) is 0 Å². The van der Waals surface area contributed by atoms with Crippen molar-refractivity contribution in [1.29, 1.82) is 0 Å². The molecule has 1 aliphatic rings. The Morgan fingerprint density at radius 3 is 2.23 bits per heavy atom. The number of likely N-dealkylation sites (tertiary alicyclic amines) is 1. The molecule has 1 heterocycles. The Balaban J connectivity index is 1.86. The second kappa shape index (κ2) is 9.37. The normalized spacial score (nSPS) is 15.9. The van der Waals surface area contributed by atoms with Crippen LogP contribution in [0.4, 0.5) is 5.69 Å². The number of quaternary nitrogens is 1. The maximum Gasteiger partial charge on any atom is 0.244 e. The Kier molecular flexibility index (Phi) is 7.06. The summed E-state index contributed by atoms with van der Waals surface area (Å²) >= 11 is 0. The Morgan fingerprint density at radius 2 is 1.67 bits per heavy atom. The van der Waals surface area contributed by atoms with Crippen LogP contribution in [-0.4, -0.2) is 49.3 Å². The summed E-state index contributed by atoms with van der Waals surface area (Å²) in [5.74, 6) is 0.381. The Morgan fingerprint density at radius 1 is 1.07 bits per heavy atom. The number of methoxy groups -OCH3 is 1. The first-order valence-electron chi connectivity index (χ1n) is 10.5. The van der Waals surface area contributed by atoms with Gasteiger partial charge in [-0.05, 0) is 49.2 Å². The van der Waals surface area contributed by atoms with E-state index in [-0.39, 0.29) is 10.9 Å². The van der Waals surface area contributed by atoms with Crippen molar-refractivity contribution in [3.63, 3.8) is 0 Å². The van der Waals surface area contributed by atoms with Crippen LogP contribution in [0.2, 0.25) is 0 Å². The van der Waals surface area contributed by atoms with Crippen LogP contribution < -0.4 is 19.3 Å². The zero-order valence-corrected chi connectivity index (χ0v) is 19.5. The van der Waals surface area contributed by atoms with Crippen LogP contribution >= 0.6 is 0 Å². The highest BCUT2D eigenvalue weighted by Gasteiger charge is 2.30. The lowest BCUT2D eigenvalue weighted by atomic mass is 10.1. The maximum absolute atomic E-state index is 13.2. The van der Waals surface area contributed by atoms with Crippen LogP contribution in [0.3, 0.4) is 0 Å². The van der Waals surface area contributed by atoms with E-state index < -0.39 is 10.0 Å². The molecule has 0 unspecified atom stereocenters. The number of nitrogens with zero attached hydrogens (tertiary/aromatic N) is 1. The van der Waals surface area contributed by atoms with Gasteiger partial charge in [0.1, 0.15) is 16.7 Å². The molecule has 6 nitrogen and oxygen atoms in total. The van der Waals surface area contributed by atoms with E-state index in [9.17, 15) is 8.42 Å². The highest BCUT2D eigenvalue weighted by molar-refractivity contribution is 7.89.